The number of likely N-dealkylation sites (N-methyl/N-ethyl adjacent to an activating group) is 1. The van der Waals surface area contributed by atoms with Gasteiger partial charge in [0.15, 0.2) is 0 Å². The van der Waals surface area contributed by atoms with Crippen molar-refractivity contribution in [3.05, 3.63) is 0 Å². The van der Waals surface area contributed by atoms with E-state index in [2.05, 4.69) is 23.6 Å². The van der Waals surface area contributed by atoms with Gasteiger partial charge in [-0.05, 0) is 32.5 Å². The summed E-state index contributed by atoms with van der Waals surface area (Å²) in [5.74, 6) is 0.581. The number of ether oxygens (including phenoxy) is 1. The van der Waals surface area contributed by atoms with E-state index in [0.29, 0.717) is 12.0 Å². The molecule has 3 unspecified atom stereocenters. The smallest absolute Gasteiger partial charge is 0.0510 e. The van der Waals surface area contributed by atoms with E-state index < -0.39 is 0 Å². The third kappa shape index (κ3) is 3.44. The number of nitrogens with two attached hydrogens (primary N) is 1. The molecule has 2 N–H and O–H groups in total. The predicted molar refractivity (Wildman–Crippen MR) is 74.7 cm³/mol. The molecular formula is C14H29N3O. The van der Waals surface area contributed by atoms with Crippen LogP contribution in [0.2, 0.25) is 0 Å². The Morgan fingerprint density at radius 2 is 2.11 bits per heavy atom. The van der Waals surface area contributed by atoms with Crippen LogP contribution in [-0.2, 0) is 4.74 Å². The molecule has 0 aromatic carbocycles. The van der Waals surface area contributed by atoms with Crippen molar-refractivity contribution < 1.29 is 4.74 Å². The van der Waals surface area contributed by atoms with Gasteiger partial charge in [0.25, 0.3) is 0 Å². The minimum absolute atomic E-state index is 0.294. The van der Waals surface area contributed by atoms with Crippen molar-refractivity contribution in [2.75, 3.05) is 45.9 Å². The first-order valence-corrected chi connectivity index (χ1v) is 7.54. The largest absolute Gasteiger partial charge is 0.381 e. The zero-order chi connectivity index (χ0) is 13.0. The highest BCUT2D eigenvalue weighted by molar-refractivity contribution is 4.86. The van der Waals surface area contributed by atoms with E-state index >= 15 is 0 Å². The number of hydrogen-bond donors (Lipinski definition) is 1. The van der Waals surface area contributed by atoms with Gasteiger partial charge in [-0.15, -0.1) is 0 Å². The second-order valence-corrected chi connectivity index (χ2v) is 5.71. The van der Waals surface area contributed by atoms with E-state index in [-0.39, 0.29) is 0 Å². The highest BCUT2D eigenvalue weighted by Gasteiger charge is 2.30. The molecule has 2 rings (SSSR count). The van der Waals surface area contributed by atoms with E-state index in [9.17, 15) is 0 Å². The van der Waals surface area contributed by atoms with Crippen molar-refractivity contribution in [1.29, 1.82) is 0 Å². The molecule has 18 heavy (non-hydrogen) atoms. The molecule has 0 spiro atoms. The topological polar surface area (TPSA) is 41.7 Å². The Morgan fingerprint density at radius 1 is 1.33 bits per heavy atom. The van der Waals surface area contributed by atoms with Crippen LogP contribution >= 0.6 is 0 Å². The van der Waals surface area contributed by atoms with Crippen molar-refractivity contribution >= 4 is 0 Å². The molecule has 2 aliphatic rings. The Morgan fingerprint density at radius 3 is 2.72 bits per heavy atom. The van der Waals surface area contributed by atoms with Crippen LogP contribution in [0.1, 0.15) is 26.7 Å². The lowest BCUT2D eigenvalue weighted by Gasteiger charge is -2.28. The monoisotopic (exact) mass is 255 g/mol. The summed E-state index contributed by atoms with van der Waals surface area (Å²) in [5, 5.41) is 0. The van der Waals surface area contributed by atoms with Gasteiger partial charge in [0.2, 0.25) is 0 Å². The second-order valence-electron chi connectivity index (χ2n) is 5.71. The lowest BCUT2D eigenvalue weighted by molar-refractivity contribution is 0.170. The first-order chi connectivity index (χ1) is 8.74. The third-order valence-corrected chi connectivity index (χ3v) is 4.62. The van der Waals surface area contributed by atoms with Crippen molar-refractivity contribution in [1.82, 2.24) is 9.80 Å². The fourth-order valence-electron chi connectivity index (χ4n) is 3.35. The summed E-state index contributed by atoms with van der Waals surface area (Å²) in [6, 6.07) is 1.04. The molecular weight excluding hydrogens is 226 g/mol. The Bertz CT molecular complexity index is 239. The molecule has 0 aromatic rings. The molecule has 0 aliphatic carbocycles. The molecule has 0 amide bonds. The quantitative estimate of drug-likeness (QED) is 0.761. The first-order valence-electron chi connectivity index (χ1n) is 7.54. The van der Waals surface area contributed by atoms with E-state index in [1.807, 2.05) is 0 Å². The molecule has 4 nitrogen and oxygen atoms in total. The lowest BCUT2D eigenvalue weighted by Crippen LogP contribution is -2.43. The standard InChI is InChI=1S/C14H29N3O/c1-3-17(4-2)13-5-7-16(9-13)10-14(15)12-6-8-18-11-12/h12-14H,3-11,15H2,1-2H3. The molecule has 0 bridgehead atoms. The highest BCUT2D eigenvalue weighted by atomic mass is 16.5. The predicted octanol–water partition coefficient (Wildman–Crippen LogP) is 0.766. The third-order valence-electron chi connectivity index (χ3n) is 4.62. The number of rotatable bonds is 6. The summed E-state index contributed by atoms with van der Waals surface area (Å²) in [5.41, 5.74) is 6.31. The summed E-state index contributed by atoms with van der Waals surface area (Å²) in [6.07, 6.45) is 2.45. The van der Waals surface area contributed by atoms with Crippen molar-refractivity contribution in [3.63, 3.8) is 0 Å². The lowest BCUT2D eigenvalue weighted by atomic mass is 10.00. The SMILES string of the molecule is CCN(CC)C1CCN(CC(N)C2CCOC2)C1. The van der Waals surface area contributed by atoms with Crippen LogP contribution in [0.25, 0.3) is 0 Å². The van der Waals surface area contributed by atoms with Crippen molar-refractivity contribution in [2.45, 2.75) is 38.8 Å². The maximum atomic E-state index is 6.31. The fraction of sp³-hybridized carbons (Fsp3) is 1.00. The van der Waals surface area contributed by atoms with E-state index in [1.165, 1.54) is 19.5 Å². The molecule has 2 saturated heterocycles. The molecule has 0 aromatic heterocycles. The van der Waals surface area contributed by atoms with Crippen LogP contribution in [0.5, 0.6) is 0 Å². The molecule has 4 heteroatoms. The van der Waals surface area contributed by atoms with Crippen LogP contribution < -0.4 is 5.73 Å². The maximum Gasteiger partial charge on any atom is 0.0510 e. The molecule has 106 valence electrons. The van der Waals surface area contributed by atoms with E-state index in [1.54, 1.807) is 0 Å². The Labute approximate surface area is 111 Å². The van der Waals surface area contributed by atoms with Crippen molar-refractivity contribution in [2.24, 2.45) is 11.7 Å². The summed E-state index contributed by atoms with van der Waals surface area (Å²) in [4.78, 5) is 5.12. The summed E-state index contributed by atoms with van der Waals surface area (Å²) in [6.45, 7) is 12.1. The van der Waals surface area contributed by atoms with E-state index in [0.717, 1.165) is 45.3 Å². The Hall–Kier alpha value is -0.160. The highest BCUT2D eigenvalue weighted by Crippen LogP contribution is 2.19. The van der Waals surface area contributed by atoms with Crippen LogP contribution in [0.3, 0.4) is 0 Å². The van der Waals surface area contributed by atoms with Gasteiger partial charge in [-0.25, -0.2) is 0 Å². The Kier molecular flexibility index (Phi) is 5.42. The second kappa shape index (κ2) is 6.85. The first kappa shape index (κ1) is 14.3. The van der Waals surface area contributed by atoms with Crippen molar-refractivity contribution in [3.8, 4) is 0 Å². The van der Waals surface area contributed by atoms with Crippen LogP contribution in [0, 0.1) is 5.92 Å². The van der Waals surface area contributed by atoms with Gasteiger partial charge in [-0.3, -0.25) is 4.90 Å². The van der Waals surface area contributed by atoms with Crippen LogP contribution in [0.15, 0.2) is 0 Å². The Balaban J connectivity index is 1.74. The fourth-order valence-corrected chi connectivity index (χ4v) is 3.35. The minimum atomic E-state index is 0.294. The number of likely N-dealkylation sites (tertiary alicyclic amines) is 1. The van der Waals surface area contributed by atoms with Gasteiger partial charge in [-0.2, -0.15) is 0 Å². The van der Waals surface area contributed by atoms with Gasteiger partial charge in [0, 0.05) is 37.7 Å². The minimum Gasteiger partial charge on any atom is -0.381 e. The number of nitrogens with zero attached hydrogens (tertiary/aromatic N) is 2. The molecule has 0 radical (unpaired) electrons. The summed E-state index contributed by atoms with van der Waals surface area (Å²) in [7, 11) is 0. The number of hydrogen-bond acceptors (Lipinski definition) is 4. The van der Waals surface area contributed by atoms with Gasteiger partial charge >= 0.3 is 0 Å². The summed E-state index contributed by atoms with van der Waals surface area (Å²) < 4.78 is 5.43. The van der Waals surface area contributed by atoms with Gasteiger partial charge < -0.3 is 15.4 Å². The van der Waals surface area contributed by atoms with Gasteiger partial charge in [0.1, 0.15) is 0 Å². The molecule has 2 heterocycles. The molecule has 2 fully saturated rings. The van der Waals surface area contributed by atoms with Crippen LogP contribution in [-0.4, -0.2) is 67.8 Å². The molecule has 0 saturated carbocycles. The molecule has 2 aliphatic heterocycles. The van der Waals surface area contributed by atoms with Gasteiger partial charge in [0.05, 0.1) is 6.61 Å². The zero-order valence-corrected chi connectivity index (χ0v) is 12.0. The van der Waals surface area contributed by atoms with E-state index in [4.69, 9.17) is 10.5 Å². The van der Waals surface area contributed by atoms with Crippen LogP contribution in [0.4, 0.5) is 0 Å². The summed E-state index contributed by atoms with van der Waals surface area (Å²) >= 11 is 0. The normalized spacial score (nSPS) is 31.3. The van der Waals surface area contributed by atoms with Gasteiger partial charge in [-0.1, -0.05) is 13.8 Å². The molecule has 3 atom stereocenters. The average molecular weight is 255 g/mol. The maximum absolute atomic E-state index is 6.31. The zero-order valence-electron chi connectivity index (χ0n) is 12.0. The average Bonchev–Trinajstić information content (AvgIpc) is 3.01.